The van der Waals surface area contributed by atoms with Crippen molar-refractivity contribution in [3.63, 3.8) is 0 Å². The van der Waals surface area contributed by atoms with Gasteiger partial charge in [-0.05, 0) is 17.7 Å². The number of aromatic amines is 1. The molecule has 5 heteroatoms. The Kier molecular flexibility index (Phi) is 2.69. The van der Waals surface area contributed by atoms with Crippen LogP contribution in [0.15, 0.2) is 36.8 Å². The maximum Gasteiger partial charge on any atom is 0.216 e. The summed E-state index contributed by atoms with van der Waals surface area (Å²) in [7, 11) is 0. The molecule has 0 aliphatic heterocycles. The Morgan fingerprint density at radius 3 is 3.00 bits per heavy atom. The van der Waals surface area contributed by atoms with Gasteiger partial charge in [-0.15, -0.1) is 0 Å². The highest BCUT2D eigenvalue weighted by Gasteiger charge is 2.09. The molecule has 3 aromatic rings. The van der Waals surface area contributed by atoms with E-state index in [9.17, 15) is 4.39 Å². The number of halogens is 1. The first kappa shape index (κ1) is 11.4. The van der Waals surface area contributed by atoms with Crippen molar-refractivity contribution in [1.29, 1.82) is 5.26 Å². The highest BCUT2D eigenvalue weighted by atomic mass is 19.1. The van der Waals surface area contributed by atoms with Crippen molar-refractivity contribution in [3.05, 3.63) is 59.4 Å². The Morgan fingerprint density at radius 2 is 2.21 bits per heavy atom. The second kappa shape index (κ2) is 4.50. The number of rotatable bonds is 2. The van der Waals surface area contributed by atoms with E-state index in [1.807, 2.05) is 6.07 Å². The first-order chi connectivity index (χ1) is 9.28. The Labute approximate surface area is 108 Å². The standard InChI is InChI=1S/C14H9FN4/c15-13-10(2-1-3-17-13)5-11-8-19-14-12(11)4-9(6-16)7-18-14/h1-4,7-8H,5H2,(H,18,19). The summed E-state index contributed by atoms with van der Waals surface area (Å²) in [5.41, 5.74) is 2.59. The predicted molar refractivity (Wildman–Crippen MR) is 67.8 cm³/mol. The topological polar surface area (TPSA) is 65.4 Å². The molecule has 4 nitrogen and oxygen atoms in total. The summed E-state index contributed by atoms with van der Waals surface area (Å²) in [4.78, 5) is 10.8. The Morgan fingerprint density at radius 1 is 1.32 bits per heavy atom. The maximum atomic E-state index is 13.5. The molecule has 92 valence electrons. The van der Waals surface area contributed by atoms with Crippen LogP contribution in [-0.2, 0) is 6.42 Å². The van der Waals surface area contributed by atoms with Gasteiger partial charge in [0.1, 0.15) is 11.7 Å². The summed E-state index contributed by atoms with van der Waals surface area (Å²) in [6, 6.07) is 7.20. The summed E-state index contributed by atoms with van der Waals surface area (Å²) >= 11 is 0. The molecule has 0 bridgehead atoms. The molecule has 19 heavy (non-hydrogen) atoms. The summed E-state index contributed by atoms with van der Waals surface area (Å²) in [6.07, 6.45) is 5.12. The Hall–Kier alpha value is -2.74. The van der Waals surface area contributed by atoms with Crippen LogP contribution < -0.4 is 0 Å². The molecule has 0 saturated heterocycles. The fourth-order valence-electron chi connectivity index (χ4n) is 2.02. The van der Waals surface area contributed by atoms with Crippen molar-refractivity contribution in [3.8, 4) is 6.07 Å². The third-order valence-corrected chi connectivity index (χ3v) is 2.96. The van der Waals surface area contributed by atoms with Gasteiger partial charge in [-0.25, -0.2) is 9.97 Å². The van der Waals surface area contributed by atoms with E-state index in [-0.39, 0.29) is 0 Å². The first-order valence-electron chi connectivity index (χ1n) is 5.73. The smallest absolute Gasteiger partial charge is 0.216 e. The minimum absolute atomic E-state index is 0.413. The number of H-pyrrole nitrogens is 1. The third kappa shape index (κ3) is 2.04. The molecule has 0 aliphatic carbocycles. The second-order valence-electron chi connectivity index (χ2n) is 4.18. The number of nitrogens with one attached hydrogen (secondary N) is 1. The first-order valence-corrected chi connectivity index (χ1v) is 5.73. The van der Waals surface area contributed by atoms with Crippen molar-refractivity contribution in [2.24, 2.45) is 0 Å². The molecule has 3 heterocycles. The summed E-state index contributed by atoms with van der Waals surface area (Å²) in [6.45, 7) is 0. The van der Waals surface area contributed by atoms with Crippen molar-refractivity contribution >= 4 is 11.0 Å². The van der Waals surface area contributed by atoms with Crippen LogP contribution in [0.1, 0.15) is 16.7 Å². The van der Waals surface area contributed by atoms with Gasteiger partial charge in [0.25, 0.3) is 0 Å². The van der Waals surface area contributed by atoms with Crippen molar-refractivity contribution in [1.82, 2.24) is 15.0 Å². The van der Waals surface area contributed by atoms with Gasteiger partial charge < -0.3 is 4.98 Å². The minimum Gasteiger partial charge on any atom is -0.346 e. The fourth-order valence-corrected chi connectivity index (χ4v) is 2.02. The average Bonchev–Trinajstić information content (AvgIpc) is 2.84. The molecule has 0 aromatic carbocycles. The molecule has 0 aliphatic rings. The number of aromatic nitrogens is 3. The van der Waals surface area contributed by atoms with Gasteiger partial charge in [0.05, 0.1) is 5.56 Å². The van der Waals surface area contributed by atoms with E-state index < -0.39 is 5.95 Å². The monoisotopic (exact) mass is 252 g/mol. The largest absolute Gasteiger partial charge is 0.346 e. The average molecular weight is 252 g/mol. The van der Waals surface area contributed by atoms with Crippen molar-refractivity contribution in [2.45, 2.75) is 6.42 Å². The SMILES string of the molecule is N#Cc1cnc2[nH]cc(Cc3cccnc3F)c2c1. The number of nitriles is 1. The number of nitrogens with zero attached hydrogens (tertiary/aromatic N) is 3. The molecule has 0 unspecified atom stereocenters. The molecule has 3 rings (SSSR count). The normalized spacial score (nSPS) is 10.5. The van der Waals surface area contributed by atoms with Gasteiger partial charge in [0.15, 0.2) is 0 Å². The van der Waals surface area contributed by atoms with Gasteiger partial charge >= 0.3 is 0 Å². The molecule has 0 spiro atoms. The van der Waals surface area contributed by atoms with E-state index in [4.69, 9.17) is 5.26 Å². The van der Waals surface area contributed by atoms with Crippen LogP contribution in [0, 0.1) is 17.3 Å². The minimum atomic E-state index is -0.471. The van der Waals surface area contributed by atoms with Crippen molar-refractivity contribution < 1.29 is 4.39 Å². The zero-order valence-electron chi connectivity index (χ0n) is 9.89. The van der Waals surface area contributed by atoms with Gasteiger partial charge in [-0.1, -0.05) is 6.07 Å². The lowest BCUT2D eigenvalue weighted by Gasteiger charge is -2.01. The predicted octanol–water partition coefficient (Wildman–Crippen LogP) is 2.56. The van der Waals surface area contributed by atoms with Gasteiger partial charge in [-0.2, -0.15) is 9.65 Å². The summed E-state index contributed by atoms with van der Waals surface area (Å²) in [5, 5.41) is 9.72. The van der Waals surface area contributed by atoms with Gasteiger partial charge in [-0.3, -0.25) is 0 Å². The lowest BCUT2D eigenvalue weighted by Crippen LogP contribution is -1.94. The Bertz CT molecular complexity index is 785. The van der Waals surface area contributed by atoms with Gasteiger partial charge in [0.2, 0.25) is 5.95 Å². The van der Waals surface area contributed by atoms with Crippen LogP contribution in [0.5, 0.6) is 0 Å². The molecule has 3 aromatic heterocycles. The lowest BCUT2D eigenvalue weighted by molar-refractivity contribution is 0.570. The van der Waals surface area contributed by atoms with Crippen LogP contribution in [0.4, 0.5) is 4.39 Å². The lowest BCUT2D eigenvalue weighted by atomic mass is 10.1. The summed E-state index contributed by atoms with van der Waals surface area (Å²) < 4.78 is 13.5. The molecular formula is C14H9FN4. The van der Waals surface area contributed by atoms with E-state index in [0.29, 0.717) is 23.2 Å². The van der Waals surface area contributed by atoms with Crippen LogP contribution in [0.3, 0.4) is 0 Å². The van der Waals surface area contributed by atoms with Crippen LogP contribution >= 0.6 is 0 Å². The zero-order chi connectivity index (χ0) is 13.2. The summed E-state index contributed by atoms with van der Waals surface area (Å²) in [5.74, 6) is -0.471. The van der Waals surface area contributed by atoms with E-state index in [0.717, 1.165) is 10.9 Å². The maximum absolute atomic E-state index is 13.5. The molecule has 0 atom stereocenters. The molecule has 0 amide bonds. The fraction of sp³-hybridized carbons (Fsp3) is 0.0714. The number of hydrogen-bond acceptors (Lipinski definition) is 3. The molecule has 0 fully saturated rings. The van der Waals surface area contributed by atoms with E-state index in [1.54, 1.807) is 24.4 Å². The van der Waals surface area contributed by atoms with E-state index >= 15 is 0 Å². The highest BCUT2D eigenvalue weighted by Crippen LogP contribution is 2.21. The highest BCUT2D eigenvalue weighted by molar-refractivity contribution is 5.81. The zero-order valence-corrected chi connectivity index (χ0v) is 9.89. The van der Waals surface area contributed by atoms with Gasteiger partial charge in [0, 0.05) is 36.0 Å². The van der Waals surface area contributed by atoms with Crippen LogP contribution in [0.2, 0.25) is 0 Å². The molecule has 0 radical (unpaired) electrons. The van der Waals surface area contributed by atoms with E-state index in [2.05, 4.69) is 15.0 Å². The number of hydrogen-bond donors (Lipinski definition) is 1. The third-order valence-electron chi connectivity index (χ3n) is 2.96. The van der Waals surface area contributed by atoms with Crippen molar-refractivity contribution in [2.75, 3.05) is 0 Å². The number of pyridine rings is 2. The second-order valence-corrected chi connectivity index (χ2v) is 4.18. The number of fused-ring (bicyclic) bond motifs is 1. The van der Waals surface area contributed by atoms with E-state index in [1.165, 1.54) is 12.4 Å². The quantitative estimate of drug-likeness (QED) is 0.713. The molecule has 1 N–H and O–H groups in total. The molecule has 0 saturated carbocycles. The van der Waals surface area contributed by atoms with Crippen LogP contribution in [0.25, 0.3) is 11.0 Å². The van der Waals surface area contributed by atoms with Crippen LogP contribution in [-0.4, -0.2) is 15.0 Å². The molecular weight excluding hydrogens is 243 g/mol. The Balaban J connectivity index is 2.06.